The highest BCUT2D eigenvalue weighted by Gasteiger charge is 2.51. The van der Waals surface area contributed by atoms with E-state index in [1.165, 1.54) is 18.4 Å². The minimum absolute atomic E-state index is 0.0179. The predicted molar refractivity (Wildman–Crippen MR) is 132 cm³/mol. The van der Waals surface area contributed by atoms with Crippen molar-refractivity contribution in [2.45, 2.75) is 70.1 Å². The molecule has 6 nitrogen and oxygen atoms in total. The minimum atomic E-state index is -0.524. The number of ether oxygens (including phenoxy) is 1. The van der Waals surface area contributed by atoms with Gasteiger partial charge in [0.05, 0.1) is 17.7 Å². The number of nitrogens with zero attached hydrogens (tertiary/aromatic N) is 1. The van der Waals surface area contributed by atoms with Crippen LogP contribution in [0, 0.1) is 4.91 Å². The van der Waals surface area contributed by atoms with Crippen molar-refractivity contribution >= 4 is 28.2 Å². The van der Waals surface area contributed by atoms with Gasteiger partial charge in [-0.25, -0.2) is 0 Å². The summed E-state index contributed by atoms with van der Waals surface area (Å²) >= 11 is 0. The molecule has 0 aliphatic heterocycles. The Balaban J connectivity index is 1.43. The Kier molecular flexibility index (Phi) is 5.07. The zero-order valence-electron chi connectivity index (χ0n) is 19.7. The van der Waals surface area contributed by atoms with E-state index in [-0.39, 0.29) is 11.3 Å². The standard InChI is InChI=1S/C27H31N3O3/c1-5-33-22-14-17(8-10-19(22)16-6-7-16)27(12-13-27)25(31)28-18-9-11-21-20(15-18)23(30-32)24(29-21)26(2,3)4/h8-11,14-16,29H,5-7,12-13H2,1-4H3,(H,28,31). The molecule has 1 amide bonds. The Labute approximate surface area is 194 Å². The number of carbonyl (C=O) groups is 1. The van der Waals surface area contributed by atoms with Crippen LogP contribution in [0.5, 0.6) is 5.75 Å². The average Bonchev–Trinajstić information content (AvgIpc) is 3.69. The van der Waals surface area contributed by atoms with Crippen LogP contribution in [0.4, 0.5) is 11.4 Å². The van der Waals surface area contributed by atoms with E-state index in [2.05, 4.69) is 33.7 Å². The number of aromatic amines is 1. The number of H-pyrrole nitrogens is 1. The molecule has 0 atom stereocenters. The summed E-state index contributed by atoms with van der Waals surface area (Å²) in [6, 6.07) is 11.9. The quantitative estimate of drug-likeness (QED) is 0.392. The zero-order chi connectivity index (χ0) is 23.4. The van der Waals surface area contributed by atoms with Gasteiger partial charge in [0.2, 0.25) is 5.91 Å². The van der Waals surface area contributed by atoms with Gasteiger partial charge in [-0.3, -0.25) is 4.79 Å². The molecule has 5 rings (SSSR count). The molecule has 2 fully saturated rings. The molecule has 2 N–H and O–H groups in total. The Morgan fingerprint density at radius 3 is 2.55 bits per heavy atom. The van der Waals surface area contributed by atoms with E-state index in [1.54, 1.807) is 0 Å². The fraction of sp³-hybridized carbons (Fsp3) is 0.444. The number of anilines is 1. The van der Waals surface area contributed by atoms with E-state index in [0.717, 1.165) is 40.8 Å². The Hall–Kier alpha value is -3.15. The summed E-state index contributed by atoms with van der Waals surface area (Å²) in [5, 5.41) is 7.13. The number of aromatic nitrogens is 1. The molecule has 2 aliphatic carbocycles. The molecular formula is C27H31N3O3. The SMILES string of the molecule is CCOc1cc(C2(C(=O)Nc3ccc4[nH]c(C(C)(C)C)c(N=O)c4c3)CC2)ccc1C1CC1. The number of nitrogens with one attached hydrogen (secondary N) is 2. The van der Waals surface area contributed by atoms with Gasteiger partial charge in [0.1, 0.15) is 11.4 Å². The third-order valence-corrected chi connectivity index (χ3v) is 6.94. The van der Waals surface area contributed by atoms with Crippen LogP contribution in [0.1, 0.15) is 76.1 Å². The summed E-state index contributed by atoms with van der Waals surface area (Å²) in [4.78, 5) is 28.4. The van der Waals surface area contributed by atoms with E-state index in [0.29, 0.717) is 23.9 Å². The molecule has 1 heterocycles. The number of carbonyl (C=O) groups excluding carboxylic acids is 1. The molecule has 2 saturated carbocycles. The van der Waals surface area contributed by atoms with Crippen LogP contribution in [0.2, 0.25) is 0 Å². The molecule has 2 aliphatic rings. The summed E-state index contributed by atoms with van der Waals surface area (Å²) in [5.41, 5.74) is 4.23. The molecule has 0 radical (unpaired) electrons. The second-order valence-corrected chi connectivity index (χ2v) is 10.4. The predicted octanol–water partition coefficient (Wildman–Crippen LogP) is 6.81. The van der Waals surface area contributed by atoms with Gasteiger partial charge in [-0.1, -0.05) is 32.9 Å². The highest BCUT2D eigenvalue weighted by Crippen LogP contribution is 2.52. The van der Waals surface area contributed by atoms with Crippen molar-refractivity contribution in [2.75, 3.05) is 11.9 Å². The van der Waals surface area contributed by atoms with Gasteiger partial charge in [0.15, 0.2) is 0 Å². The highest BCUT2D eigenvalue weighted by atomic mass is 16.5. The van der Waals surface area contributed by atoms with E-state index >= 15 is 0 Å². The molecule has 0 bridgehead atoms. The van der Waals surface area contributed by atoms with Crippen LogP contribution in [-0.4, -0.2) is 17.5 Å². The molecule has 1 aromatic heterocycles. The van der Waals surface area contributed by atoms with Crippen LogP contribution in [0.15, 0.2) is 41.6 Å². The largest absolute Gasteiger partial charge is 0.494 e. The van der Waals surface area contributed by atoms with Crippen LogP contribution < -0.4 is 10.1 Å². The highest BCUT2D eigenvalue weighted by molar-refractivity contribution is 6.04. The summed E-state index contributed by atoms with van der Waals surface area (Å²) in [5.74, 6) is 1.49. The molecular weight excluding hydrogens is 414 g/mol. The zero-order valence-corrected chi connectivity index (χ0v) is 19.7. The van der Waals surface area contributed by atoms with Crippen molar-refractivity contribution in [3.63, 3.8) is 0 Å². The van der Waals surface area contributed by atoms with E-state index in [4.69, 9.17) is 4.74 Å². The summed E-state index contributed by atoms with van der Waals surface area (Å²) in [6.45, 7) is 8.72. The maximum absolute atomic E-state index is 13.4. The lowest BCUT2D eigenvalue weighted by Crippen LogP contribution is -2.27. The average molecular weight is 446 g/mol. The monoisotopic (exact) mass is 445 g/mol. The van der Waals surface area contributed by atoms with Gasteiger partial charge in [-0.15, -0.1) is 4.91 Å². The lowest BCUT2D eigenvalue weighted by Gasteiger charge is -2.19. The number of rotatable bonds is 7. The summed E-state index contributed by atoms with van der Waals surface area (Å²) in [6.07, 6.45) is 4.05. The Morgan fingerprint density at radius 1 is 1.18 bits per heavy atom. The van der Waals surface area contributed by atoms with Crippen LogP contribution in [-0.2, 0) is 15.6 Å². The maximum atomic E-state index is 13.4. The van der Waals surface area contributed by atoms with Crippen molar-refractivity contribution in [3.05, 3.63) is 58.1 Å². The smallest absolute Gasteiger partial charge is 0.235 e. The van der Waals surface area contributed by atoms with Gasteiger partial charge in [-0.05, 0) is 79.1 Å². The first-order chi connectivity index (χ1) is 15.8. The second kappa shape index (κ2) is 7.72. The van der Waals surface area contributed by atoms with E-state index in [9.17, 15) is 9.70 Å². The minimum Gasteiger partial charge on any atom is -0.494 e. The van der Waals surface area contributed by atoms with Crippen LogP contribution in [0.25, 0.3) is 10.9 Å². The molecule has 2 aromatic carbocycles. The maximum Gasteiger partial charge on any atom is 0.235 e. The lowest BCUT2D eigenvalue weighted by atomic mass is 9.91. The normalized spacial score (nSPS) is 17.1. The molecule has 6 heteroatoms. The first kappa shape index (κ1) is 21.7. The number of nitroso groups, excluding NO2 is 1. The molecule has 0 unspecified atom stereocenters. The first-order valence-corrected chi connectivity index (χ1v) is 11.8. The molecule has 172 valence electrons. The van der Waals surface area contributed by atoms with Crippen molar-refractivity contribution in [1.82, 2.24) is 4.98 Å². The lowest BCUT2D eigenvalue weighted by molar-refractivity contribution is -0.118. The van der Waals surface area contributed by atoms with Crippen LogP contribution >= 0.6 is 0 Å². The van der Waals surface area contributed by atoms with E-state index in [1.807, 2.05) is 45.9 Å². The number of amides is 1. The Bertz CT molecular complexity index is 1240. The number of fused-ring (bicyclic) bond motifs is 1. The van der Waals surface area contributed by atoms with Crippen molar-refractivity contribution in [2.24, 2.45) is 5.18 Å². The number of benzene rings is 2. The van der Waals surface area contributed by atoms with E-state index < -0.39 is 5.41 Å². The first-order valence-electron chi connectivity index (χ1n) is 11.8. The van der Waals surface area contributed by atoms with Gasteiger partial charge < -0.3 is 15.0 Å². The van der Waals surface area contributed by atoms with Crippen molar-refractivity contribution < 1.29 is 9.53 Å². The topological polar surface area (TPSA) is 83.5 Å². The van der Waals surface area contributed by atoms with Gasteiger partial charge in [0, 0.05) is 22.0 Å². The fourth-order valence-electron chi connectivity index (χ4n) is 4.76. The van der Waals surface area contributed by atoms with Gasteiger partial charge in [-0.2, -0.15) is 0 Å². The van der Waals surface area contributed by atoms with Crippen LogP contribution in [0.3, 0.4) is 0 Å². The molecule has 3 aromatic rings. The number of hydrogen-bond acceptors (Lipinski definition) is 4. The third kappa shape index (κ3) is 3.81. The van der Waals surface area contributed by atoms with Crippen molar-refractivity contribution in [3.8, 4) is 5.75 Å². The van der Waals surface area contributed by atoms with Gasteiger partial charge >= 0.3 is 0 Å². The molecule has 0 saturated heterocycles. The van der Waals surface area contributed by atoms with Gasteiger partial charge in [0.25, 0.3) is 0 Å². The number of hydrogen-bond donors (Lipinski definition) is 2. The summed E-state index contributed by atoms with van der Waals surface area (Å²) < 4.78 is 5.93. The Morgan fingerprint density at radius 2 is 1.94 bits per heavy atom. The summed E-state index contributed by atoms with van der Waals surface area (Å²) in [7, 11) is 0. The third-order valence-electron chi connectivity index (χ3n) is 6.94. The van der Waals surface area contributed by atoms with Crippen molar-refractivity contribution in [1.29, 1.82) is 0 Å². The fourth-order valence-corrected chi connectivity index (χ4v) is 4.76. The second-order valence-electron chi connectivity index (χ2n) is 10.4. The molecule has 33 heavy (non-hydrogen) atoms. The molecule has 0 spiro atoms.